The van der Waals surface area contributed by atoms with E-state index in [-0.39, 0.29) is 11.9 Å². The summed E-state index contributed by atoms with van der Waals surface area (Å²) in [5.74, 6) is 0.235. The number of hydrogen-bond donors (Lipinski definition) is 0. The van der Waals surface area contributed by atoms with E-state index in [2.05, 4.69) is 49.1 Å². The summed E-state index contributed by atoms with van der Waals surface area (Å²) in [6.45, 7) is 4.32. The molecule has 25 heavy (non-hydrogen) atoms. The van der Waals surface area contributed by atoms with Crippen molar-refractivity contribution in [1.29, 1.82) is 0 Å². The van der Waals surface area contributed by atoms with Gasteiger partial charge >= 0.3 is 0 Å². The van der Waals surface area contributed by atoms with Gasteiger partial charge in [0.05, 0.1) is 6.04 Å². The van der Waals surface area contributed by atoms with Gasteiger partial charge in [-0.2, -0.15) is 0 Å². The third kappa shape index (κ3) is 2.99. The Morgan fingerprint density at radius 3 is 2.48 bits per heavy atom. The van der Waals surface area contributed by atoms with Gasteiger partial charge in [0.15, 0.2) is 0 Å². The Bertz CT molecular complexity index is 788. The standard InChI is InChI=1S/C23H27NO/c1-16-12-13-20(17(2)14-16)22-15-18-8-6-7-11-21(18)23(25)24(22)19-9-4-3-5-10-19/h6-8,11-14,19,22H,3-5,9-10,15H2,1-2H3/t22-/m1/s1. The quantitative estimate of drug-likeness (QED) is 0.723. The molecule has 1 saturated carbocycles. The van der Waals surface area contributed by atoms with Crippen molar-refractivity contribution in [2.75, 3.05) is 0 Å². The van der Waals surface area contributed by atoms with Gasteiger partial charge in [-0.3, -0.25) is 4.79 Å². The summed E-state index contributed by atoms with van der Waals surface area (Å²) in [5.41, 5.74) is 6.02. The lowest BCUT2D eigenvalue weighted by molar-refractivity contribution is 0.0472. The smallest absolute Gasteiger partial charge is 0.254 e. The van der Waals surface area contributed by atoms with Crippen molar-refractivity contribution in [3.8, 4) is 0 Å². The Hall–Kier alpha value is -2.09. The Labute approximate surface area is 150 Å². The third-order valence-corrected chi connectivity index (χ3v) is 5.98. The Kier molecular flexibility index (Phi) is 4.37. The van der Waals surface area contributed by atoms with Crippen molar-refractivity contribution < 1.29 is 4.79 Å². The molecule has 2 aromatic rings. The van der Waals surface area contributed by atoms with Crippen LogP contribution in [0.1, 0.15) is 70.8 Å². The second-order valence-electron chi connectivity index (χ2n) is 7.74. The first-order chi connectivity index (χ1) is 12.1. The molecule has 1 fully saturated rings. The monoisotopic (exact) mass is 333 g/mol. The van der Waals surface area contributed by atoms with Crippen LogP contribution in [0.25, 0.3) is 0 Å². The maximum absolute atomic E-state index is 13.4. The number of carbonyl (C=O) groups excluding carboxylic acids is 1. The van der Waals surface area contributed by atoms with E-state index in [4.69, 9.17) is 0 Å². The van der Waals surface area contributed by atoms with Crippen LogP contribution in [0.4, 0.5) is 0 Å². The van der Waals surface area contributed by atoms with Crippen LogP contribution in [0.15, 0.2) is 42.5 Å². The number of carbonyl (C=O) groups is 1. The van der Waals surface area contributed by atoms with Gasteiger partial charge in [-0.15, -0.1) is 0 Å². The highest BCUT2D eigenvalue weighted by atomic mass is 16.2. The van der Waals surface area contributed by atoms with E-state index in [1.54, 1.807) is 0 Å². The minimum absolute atomic E-state index is 0.172. The number of rotatable bonds is 2. The summed E-state index contributed by atoms with van der Waals surface area (Å²) in [7, 11) is 0. The van der Waals surface area contributed by atoms with Crippen LogP contribution in [0.3, 0.4) is 0 Å². The molecule has 1 heterocycles. The van der Waals surface area contributed by atoms with E-state index < -0.39 is 0 Å². The van der Waals surface area contributed by atoms with Crippen LogP contribution in [-0.2, 0) is 6.42 Å². The number of fused-ring (bicyclic) bond motifs is 1. The molecule has 130 valence electrons. The molecule has 2 heteroatoms. The van der Waals surface area contributed by atoms with Crippen LogP contribution >= 0.6 is 0 Å². The molecule has 0 spiro atoms. The molecule has 1 atom stereocenters. The molecule has 1 aliphatic carbocycles. The molecule has 0 saturated heterocycles. The van der Waals surface area contributed by atoms with Crippen molar-refractivity contribution in [2.24, 2.45) is 0 Å². The van der Waals surface area contributed by atoms with Gasteiger partial charge in [0.2, 0.25) is 0 Å². The summed E-state index contributed by atoms with van der Waals surface area (Å²) < 4.78 is 0. The van der Waals surface area contributed by atoms with E-state index in [0.717, 1.165) is 24.8 Å². The first kappa shape index (κ1) is 16.4. The molecule has 0 unspecified atom stereocenters. The van der Waals surface area contributed by atoms with Crippen LogP contribution in [0.5, 0.6) is 0 Å². The molecular weight excluding hydrogens is 306 g/mol. The molecule has 0 N–H and O–H groups in total. The Balaban J connectivity index is 1.79. The van der Waals surface area contributed by atoms with E-state index >= 15 is 0 Å². The summed E-state index contributed by atoms with van der Waals surface area (Å²) in [5, 5.41) is 0. The Morgan fingerprint density at radius 2 is 1.72 bits per heavy atom. The highest BCUT2D eigenvalue weighted by molar-refractivity contribution is 5.97. The zero-order valence-corrected chi connectivity index (χ0v) is 15.3. The molecule has 1 aliphatic heterocycles. The summed E-state index contributed by atoms with van der Waals surface area (Å²) in [4.78, 5) is 15.6. The van der Waals surface area contributed by atoms with Crippen LogP contribution in [0, 0.1) is 13.8 Å². The lowest BCUT2D eigenvalue weighted by Crippen LogP contribution is -2.47. The lowest BCUT2D eigenvalue weighted by atomic mass is 9.83. The highest BCUT2D eigenvalue weighted by Gasteiger charge is 2.38. The van der Waals surface area contributed by atoms with Crippen molar-refractivity contribution in [1.82, 2.24) is 4.90 Å². The first-order valence-corrected chi connectivity index (χ1v) is 9.63. The fourth-order valence-corrected chi connectivity index (χ4v) is 4.73. The number of aryl methyl sites for hydroxylation is 2. The fraction of sp³-hybridized carbons (Fsp3) is 0.435. The number of hydrogen-bond acceptors (Lipinski definition) is 1. The van der Waals surface area contributed by atoms with Crippen molar-refractivity contribution in [3.05, 3.63) is 70.3 Å². The van der Waals surface area contributed by atoms with Crippen molar-refractivity contribution >= 4 is 5.91 Å². The molecule has 2 nitrogen and oxygen atoms in total. The Morgan fingerprint density at radius 1 is 0.960 bits per heavy atom. The van der Waals surface area contributed by atoms with Crippen molar-refractivity contribution in [3.63, 3.8) is 0 Å². The zero-order chi connectivity index (χ0) is 17.4. The predicted molar refractivity (Wildman–Crippen MR) is 102 cm³/mol. The summed E-state index contributed by atoms with van der Waals surface area (Å²) in [6.07, 6.45) is 7.03. The topological polar surface area (TPSA) is 20.3 Å². The number of amides is 1. The van der Waals surface area contributed by atoms with E-state index in [0.29, 0.717) is 6.04 Å². The van der Waals surface area contributed by atoms with Gasteiger partial charge in [-0.05, 0) is 55.9 Å². The average Bonchev–Trinajstić information content (AvgIpc) is 2.62. The second-order valence-corrected chi connectivity index (χ2v) is 7.74. The predicted octanol–water partition coefficient (Wildman–Crippen LogP) is 5.38. The van der Waals surface area contributed by atoms with Crippen LogP contribution in [0.2, 0.25) is 0 Å². The molecular formula is C23H27NO. The van der Waals surface area contributed by atoms with Gasteiger partial charge in [-0.25, -0.2) is 0 Å². The number of nitrogens with zero attached hydrogens (tertiary/aromatic N) is 1. The molecule has 4 rings (SSSR count). The third-order valence-electron chi connectivity index (χ3n) is 5.98. The molecule has 0 bridgehead atoms. The van der Waals surface area contributed by atoms with E-state index in [1.165, 1.54) is 41.5 Å². The van der Waals surface area contributed by atoms with Gasteiger partial charge < -0.3 is 4.90 Å². The molecule has 0 aromatic heterocycles. The maximum Gasteiger partial charge on any atom is 0.254 e. The van der Waals surface area contributed by atoms with Gasteiger partial charge in [0.25, 0.3) is 5.91 Å². The maximum atomic E-state index is 13.4. The minimum atomic E-state index is 0.172. The number of benzene rings is 2. The normalized spacial score (nSPS) is 21.3. The largest absolute Gasteiger partial charge is 0.328 e. The van der Waals surface area contributed by atoms with Crippen LogP contribution in [-0.4, -0.2) is 16.8 Å². The molecule has 0 radical (unpaired) electrons. The highest BCUT2D eigenvalue weighted by Crippen LogP contribution is 2.39. The van der Waals surface area contributed by atoms with Crippen LogP contribution < -0.4 is 0 Å². The van der Waals surface area contributed by atoms with Gasteiger partial charge in [-0.1, -0.05) is 61.2 Å². The molecule has 2 aromatic carbocycles. The van der Waals surface area contributed by atoms with Gasteiger partial charge in [0, 0.05) is 11.6 Å². The minimum Gasteiger partial charge on any atom is -0.328 e. The fourth-order valence-electron chi connectivity index (χ4n) is 4.73. The average molecular weight is 333 g/mol. The first-order valence-electron chi connectivity index (χ1n) is 9.63. The van der Waals surface area contributed by atoms with E-state index in [1.807, 2.05) is 12.1 Å². The SMILES string of the molecule is Cc1ccc([C@H]2Cc3ccccc3C(=O)N2C2CCCCC2)c(C)c1. The second kappa shape index (κ2) is 6.67. The summed E-state index contributed by atoms with van der Waals surface area (Å²) in [6, 6.07) is 15.4. The lowest BCUT2D eigenvalue weighted by Gasteiger charge is -2.44. The molecule has 1 amide bonds. The van der Waals surface area contributed by atoms with E-state index in [9.17, 15) is 4.79 Å². The molecule has 2 aliphatic rings. The van der Waals surface area contributed by atoms with Gasteiger partial charge in [0.1, 0.15) is 0 Å². The summed E-state index contributed by atoms with van der Waals surface area (Å²) >= 11 is 0. The zero-order valence-electron chi connectivity index (χ0n) is 15.3. The van der Waals surface area contributed by atoms with Crippen molar-refractivity contribution in [2.45, 2.75) is 64.5 Å².